The van der Waals surface area contributed by atoms with Crippen LogP contribution in [0.5, 0.6) is 0 Å². The van der Waals surface area contributed by atoms with E-state index in [1.807, 2.05) is 36.4 Å². The minimum Gasteiger partial charge on any atom is -0.550 e. The second kappa shape index (κ2) is 11.2. The average molecular weight is 513 g/mol. The summed E-state index contributed by atoms with van der Waals surface area (Å²) in [6, 6.07) is 20.8. The number of carbonyl (C=O) groups excluding carboxylic acids is 3. The molecule has 0 saturated carbocycles. The number of hydrogen-bond donors (Lipinski definition) is 2. The molecule has 0 bridgehead atoms. The highest BCUT2D eigenvalue weighted by Crippen LogP contribution is 2.31. The third-order valence-corrected chi connectivity index (χ3v) is 6.88. The molecule has 0 aromatic heterocycles. The van der Waals surface area contributed by atoms with Crippen molar-refractivity contribution in [2.45, 2.75) is 25.4 Å². The summed E-state index contributed by atoms with van der Waals surface area (Å²) in [4.78, 5) is 43.2. The van der Waals surface area contributed by atoms with Crippen LogP contribution in [0.1, 0.15) is 33.5 Å². The number of nitrogen functional groups attached to an aromatic ring is 1. The van der Waals surface area contributed by atoms with Gasteiger partial charge in [-0.3, -0.25) is 15.0 Å². The Kier molecular flexibility index (Phi) is 7.76. The summed E-state index contributed by atoms with van der Waals surface area (Å²) in [5, 5.41) is 19.1. The number of amides is 2. The number of carboxylic acids is 1. The Bertz CT molecular complexity index is 1360. The van der Waals surface area contributed by atoms with E-state index < -0.39 is 18.4 Å². The van der Waals surface area contributed by atoms with Crippen LogP contribution in [-0.4, -0.2) is 55.2 Å². The van der Waals surface area contributed by atoms with E-state index in [2.05, 4.69) is 0 Å². The molecule has 1 aliphatic rings. The lowest BCUT2D eigenvalue weighted by Gasteiger charge is -2.30. The molecule has 196 valence electrons. The van der Waals surface area contributed by atoms with Gasteiger partial charge >= 0.3 is 0 Å². The van der Waals surface area contributed by atoms with Gasteiger partial charge in [0.05, 0.1) is 0 Å². The molecule has 3 aromatic carbocycles. The third-order valence-electron chi connectivity index (χ3n) is 6.88. The molecule has 1 atom stereocenters. The van der Waals surface area contributed by atoms with Crippen molar-refractivity contribution in [3.8, 4) is 0 Å². The first kappa shape index (κ1) is 26.4. The fraction of sp³-hybridized carbons (Fsp3) is 0.241. The molecule has 4 rings (SSSR count). The lowest BCUT2D eigenvalue weighted by molar-refractivity contribution is -0.306. The molecule has 1 heterocycles. The number of anilines is 2. The van der Waals surface area contributed by atoms with E-state index in [-0.39, 0.29) is 17.6 Å². The van der Waals surface area contributed by atoms with Gasteiger partial charge in [-0.2, -0.15) is 0 Å². The Morgan fingerprint density at radius 3 is 2.34 bits per heavy atom. The van der Waals surface area contributed by atoms with Crippen molar-refractivity contribution in [2.24, 2.45) is 5.73 Å². The number of aliphatic carboxylic acids is 1. The van der Waals surface area contributed by atoms with Gasteiger partial charge in [0, 0.05) is 62.1 Å². The molecule has 3 N–H and O–H groups in total. The summed E-state index contributed by atoms with van der Waals surface area (Å²) < 4.78 is 0. The highest BCUT2D eigenvalue weighted by Gasteiger charge is 2.33. The SMILES string of the molecule is CN(C(=O)c1ccc2c(c1)N(C)C(CC(=O)[O-])C(=O)N(CCc1ccccc1)C2)c1ccc(C(=N)N)cc1. The van der Waals surface area contributed by atoms with Gasteiger partial charge in [0.15, 0.2) is 0 Å². The second-order valence-electron chi connectivity index (χ2n) is 9.37. The number of carboxylic acid groups (broad SMARTS) is 1. The highest BCUT2D eigenvalue weighted by molar-refractivity contribution is 6.07. The Balaban J connectivity index is 1.62. The molecule has 0 fully saturated rings. The van der Waals surface area contributed by atoms with E-state index in [4.69, 9.17) is 11.1 Å². The van der Waals surface area contributed by atoms with Gasteiger partial charge in [-0.15, -0.1) is 0 Å². The van der Waals surface area contributed by atoms with E-state index in [1.165, 1.54) is 4.90 Å². The molecule has 0 aliphatic carbocycles. The van der Waals surface area contributed by atoms with Gasteiger partial charge in [0.2, 0.25) is 5.91 Å². The first-order valence-electron chi connectivity index (χ1n) is 12.3. The first-order valence-corrected chi connectivity index (χ1v) is 12.3. The van der Waals surface area contributed by atoms with E-state index in [1.54, 1.807) is 60.3 Å². The smallest absolute Gasteiger partial charge is 0.258 e. The highest BCUT2D eigenvalue weighted by atomic mass is 16.4. The lowest BCUT2D eigenvalue weighted by Crippen LogP contribution is -2.48. The molecule has 9 nitrogen and oxygen atoms in total. The quantitative estimate of drug-likeness (QED) is 0.349. The van der Waals surface area contributed by atoms with Crippen molar-refractivity contribution < 1.29 is 19.5 Å². The maximum absolute atomic E-state index is 13.5. The Hall–Kier alpha value is -4.66. The average Bonchev–Trinajstić information content (AvgIpc) is 3.01. The van der Waals surface area contributed by atoms with E-state index in [9.17, 15) is 19.5 Å². The fourth-order valence-corrected chi connectivity index (χ4v) is 4.64. The Morgan fingerprint density at radius 1 is 1.05 bits per heavy atom. The van der Waals surface area contributed by atoms with E-state index in [0.29, 0.717) is 42.0 Å². The van der Waals surface area contributed by atoms with Crippen molar-refractivity contribution in [2.75, 3.05) is 30.4 Å². The number of fused-ring (bicyclic) bond motifs is 1. The van der Waals surface area contributed by atoms with Gasteiger partial charge in [0.1, 0.15) is 11.9 Å². The molecule has 1 aliphatic heterocycles. The number of nitrogens with zero attached hydrogens (tertiary/aromatic N) is 3. The number of amidine groups is 1. The van der Waals surface area contributed by atoms with Crippen LogP contribution in [0.4, 0.5) is 11.4 Å². The van der Waals surface area contributed by atoms with Crippen LogP contribution in [0.15, 0.2) is 72.8 Å². The zero-order valence-corrected chi connectivity index (χ0v) is 21.4. The van der Waals surface area contributed by atoms with E-state index in [0.717, 1.165) is 11.1 Å². The van der Waals surface area contributed by atoms with Gasteiger partial charge in [-0.25, -0.2) is 0 Å². The number of hydrogen-bond acceptors (Lipinski definition) is 6. The summed E-state index contributed by atoms with van der Waals surface area (Å²) >= 11 is 0. The van der Waals surface area contributed by atoms with Crippen LogP contribution >= 0.6 is 0 Å². The monoisotopic (exact) mass is 512 g/mol. The van der Waals surface area contributed by atoms with Gasteiger partial charge in [0.25, 0.3) is 5.91 Å². The normalized spacial score (nSPS) is 15.0. The van der Waals surface area contributed by atoms with Crippen molar-refractivity contribution in [3.63, 3.8) is 0 Å². The number of benzene rings is 3. The van der Waals surface area contributed by atoms with Gasteiger partial charge in [-0.1, -0.05) is 36.4 Å². The Morgan fingerprint density at radius 2 is 1.71 bits per heavy atom. The fourth-order valence-electron chi connectivity index (χ4n) is 4.64. The molecule has 1 unspecified atom stereocenters. The molecule has 0 radical (unpaired) electrons. The largest absolute Gasteiger partial charge is 0.550 e. The predicted octanol–water partition coefficient (Wildman–Crippen LogP) is 1.78. The summed E-state index contributed by atoms with van der Waals surface area (Å²) in [7, 11) is 3.32. The topological polar surface area (TPSA) is 134 Å². The van der Waals surface area contributed by atoms with Crippen LogP contribution in [0.2, 0.25) is 0 Å². The lowest BCUT2D eigenvalue weighted by atomic mass is 10.1. The minimum atomic E-state index is -1.32. The van der Waals surface area contributed by atoms with Crippen molar-refractivity contribution in [1.82, 2.24) is 4.90 Å². The van der Waals surface area contributed by atoms with Crippen LogP contribution < -0.4 is 20.6 Å². The third kappa shape index (κ3) is 5.67. The van der Waals surface area contributed by atoms with Crippen molar-refractivity contribution >= 4 is 35.0 Å². The number of nitrogens with one attached hydrogen (secondary N) is 1. The molecule has 0 saturated heterocycles. The van der Waals surface area contributed by atoms with Crippen LogP contribution in [-0.2, 0) is 22.6 Å². The van der Waals surface area contributed by atoms with Crippen molar-refractivity contribution in [3.05, 3.63) is 95.1 Å². The molecule has 3 aromatic rings. The molecule has 2 amide bonds. The summed E-state index contributed by atoms with van der Waals surface area (Å²) in [5.41, 5.74) is 9.62. The molecular formula is C29H30N5O4-. The zero-order valence-electron chi connectivity index (χ0n) is 21.4. The number of rotatable bonds is 8. The first-order chi connectivity index (χ1) is 18.2. The number of carbonyl (C=O) groups is 3. The second-order valence-corrected chi connectivity index (χ2v) is 9.37. The number of nitrogens with two attached hydrogens (primary N) is 1. The minimum absolute atomic E-state index is 0.0576. The van der Waals surface area contributed by atoms with Crippen LogP contribution in [0.25, 0.3) is 0 Å². The zero-order chi connectivity index (χ0) is 27.4. The molecule has 0 spiro atoms. The molecule has 38 heavy (non-hydrogen) atoms. The molecule has 9 heteroatoms. The van der Waals surface area contributed by atoms with Crippen molar-refractivity contribution in [1.29, 1.82) is 5.41 Å². The predicted molar refractivity (Wildman–Crippen MR) is 144 cm³/mol. The standard InChI is InChI=1S/C29H31N5O4/c1-32(23-12-10-20(11-13-23)27(30)31)28(37)21-8-9-22-18-34(15-14-19-6-4-3-5-7-19)29(38)25(17-26(35)36)33(2)24(22)16-21/h3-13,16,25H,14-15,17-18H2,1-2H3,(H3,30,31)(H,35,36)/p-1. The summed E-state index contributed by atoms with van der Waals surface area (Å²) in [6.45, 7) is 0.727. The summed E-state index contributed by atoms with van der Waals surface area (Å²) in [5.74, 6) is -1.94. The number of likely N-dealkylation sites (N-methyl/N-ethyl adjacent to an activating group) is 1. The summed E-state index contributed by atoms with van der Waals surface area (Å²) in [6.07, 6.45) is 0.171. The van der Waals surface area contributed by atoms with E-state index >= 15 is 0 Å². The maximum Gasteiger partial charge on any atom is 0.258 e. The van der Waals surface area contributed by atoms with Crippen LogP contribution in [0.3, 0.4) is 0 Å². The van der Waals surface area contributed by atoms with Gasteiger partial charge < -0.3 is 30.3 Å². The maximum atomic E-state index is 13.5. The Labute approximate surface area is 221 Å². The van der Waals surface area contributed by atoms with Crippen LogP contribution in [0, 0.1) is 5.41 Å². The molecular weight excluding hydrogens is 482 g/mol. The van der Waals surface area contributed by atoms with Gasteiger partial charge in [-0.05, 0) is 53.9 Å².